The highest BCUT2D eigenvalue weighted by molar-refractivity contribution is 6.33. The smallest absolute Gasteiger partial charge is 0.262 e. The van der Waals surface area contributed by atoms with Crippen molar-refractivity contribution in [3.8, 4) is 5.75 Å². The molecule has 0 fully saturated rings. The molecular weight excluding hydrogens is 246 g/mol. The zero-order chi connectivity index (χ0) is 12.4. The number of hydrogen-bond donors (Lipinski definition) is 3. The van der Waals surface area contributed by atoms with E-state index in [0.717, 1.165) is 0 Å². The highest BCUT2D eigenvalue weighted by Gasteiger charge is 2.18. The quantitative estimate of drug-likeness (QED) is 0.693. The normalized spacial score (nSPS) is 13.2. The number of amides is 2. The predicted molar refractivity (Wildman–Crippen MR) is 63.0 cm³/mol. The van der Waals surface area contributed by atoms with Crippen LogP contribution in [0.5, 0.6) is 5.75 Å². The molecule has 1 aromatic rings. The third-order valence-electron chi connectivity index (χ3n) is 2.08. The van der Waals surface area contributed by atoms with Crippen molar-refractivity contribution >= 4 is 34.8 Å². The summed E-state index contributed by atoms with van der Waals surface area (Å²) in [5.41, 5.74) is 6.02. The van der Waals surface area contributed by atoms with Crippen molar-refractivity contribution in [1.82, 2.24) is 5.43 Å². The Morgan fingerprint density at radius 1 is 1.53 bits per heavy atom. The van der Waals surface area contributed by atoms with Crippen LogP contribution in [0.4, 0.5) is 11.4 Å². The van der Waals surface area contributed by atoms with Crippen LogP contribution in [0.25, 0.3) is 0 Å². The SMILES string of the molecule is CC(=O)NNc1cc2c(cc1Cl)OCC(=O)N2. The zero-order valence-corrected chi connectivity index (χ0v) is 9.72. The van der Waals surface area contributed by atoms with Gasteiger partial charge in [-0.3, -0.25) is 20.4 Å². The number of rotatable bonds is 2. The van der Waals surface area contributed by atoms with Gasteiger partial charge in [0.05, 0.1) is 16.4 Å². The molecule has 90 valence electrons. The summed E-state index contributed by atoms with van der Waals surface area (Å²) < 4.78 is 5.19. The monoisotopic (exact) mass is 255 g/mol. The highest BCUT2D eigenvalue weighted by Crippen LogP contribution is 2.35. The Kier molecular flexibility index (Phi) is 3.06. The second-order valence-corrected chi connectivity index (χ2v) is 3.88. The minimum atomic E-state index is -0.251. The highest BCUT2D eigenvalue weighted by atomic mass is 35.5. The average Bonchev–Trinajstić information content (AvgIpc) is 2.26. The van der Waals surface area contributed by atoms with Crippen LogP contribution in [0, 0.1) is 0 Å². The molecule has 0 atom stereocenters. The van der Waals surface area contributed by atoms with E-state index in [-0.39, 0.29) is 18.4 Å². The molecule has 7 heteroatoms. The molecule has 0 radical (unpaired) electrons. The summed E-state index contributed by atoms with van der Waals surface area (Å²) in [4.78, 5) is 21.9. The van der Waals surface area contributed by atoms with Crippen molar-refractivity contribution in [2.24, 2.45) is 0 Å². The Balaban J connectivity index is 2.25. The standard InChI is InChI=1S/C10H10ClN3O3/c1-5(15)13-14-7-3-8-9(2-6(7)11)17-4-10(16)12-8/h2-3,14H,4H2,1H3,(H,12,16)(H,13,15). The number of fused-ring (bicyclic) bond motifs is 1. The number of anilines is 2. The number of carbonyl (C=O) groups excluding carboxylic acids is 2. The predicted octanol–water partition coefficient (Wildman–Crippen LogP) is 1.13. The molecule has 6 nitrogen and oxygen atoms in total. The van der Waals surface area contributed by atoms with Gasteiger partial charge < -0.3 is 10.1 Å². The molecule has 2 rings (SSSR count). The first-order chi connectivity index (χ1) is 8.06. The van der Waals surface area contributed by atoms with Crippen LogP contribution in [0.15, 0.2) is 12.1 Å². The minimum Gasteiger partial charge on any atom is -0.482 e. The zero-order valence-electron chi connectivity index (χ0n) is 8.96. The van der Waals surface area contributed by atoms with Crippen LogP contribution in [-0.2, 0) is 9.59 Å². The third-order valence-corrected chi connectivity index (χ3v) is 2.39. The van der Waals surface area contributed by atoms with Gasteiger partial charge in [0, 0.05) is 13.0 Å². The first-order valence-corrected chi connectivity index (χ1v) is 5.23. The molecule has 3 N–H and O–H groups in total. The lowest BCUT2D eigenvalue weighted by Gasteiger charge is -2.19. The van der Waals surface area contributed by atoms with Crippen molar-refractivity contribution < 1.29 is 14.3 Å². The Morgan fingerprint density at radius 3 is 3.00 bits per heavy atom. The van der Waals surface area contributed by atoms with Gasteiger partial charge in [-0.15, -0.1) is 0 Å². The Bertz CT molecular complexity index is 490. The number of nitrogens with one attached hydrogen (secondary N) is 3. The third kappa shape index (κ3) is 2.59. The number of ether oxygens (including phenoxy) is 1. The molecule has 2 amide bonds. The number of halogens is 1. The molecular formula is C10H10ClN3O3. The van der Waals surface area contributed by atoms with Crippen molar-refractivity contribution in [2.75, 3.05) is 17.3 Å². The van der Waals surface area contributed by atoms with Crippen molar-refractivity contribution in [3.63, 3.8) is 0 Å². The van der Waals surface area contributed by atoms with Gasteiger partial charge in [0.2, 0.25) is 5.91 Å². The van der Waals surface area contributed by atoms with E-state index in [0.29, 0.717) is 22.1 Å². The second-order valence-electron chi connectivity index (χ2n) is 3.47. The molecule has 17 heavy (non-hydrogen) atoms. The first-order valence-electron chi connectivity index (χ1n) is 4.85. The minimum absolute atomic E-state index is 0.0260. The van der Waals surface area contributed by atoms with Crippen LogP contribution < -0.4 is 20.9 Å². The maximum atomic E-state index is 11.1. The lowest BCUT2D eigenvalue weighted by atomic mass is 10.2. The van der Waals surface area contributed by atoms with Gasteiger partial charge in [-0.2, -0.15) is 0 Å². The molecule has 1 aliphatic rings. The summed E-state index contributed by atoms with van der Waals surface area (Å²) in [6.45, 7) is 1.34. The average molecular weight is 256 g/mol. The molecule has 0 unspecified atom stereocenters. The van der Waals surface area contributed by atoms with E-state index in [2.05, 4.69) is 16.2 Å². The second kappa shape index (κ2) is 4.50. The summed E-state index contributed by atoms with van der Waals surface area (Å²) in [5.74, 6) is 0.0207. The van der Waals surface area contributed by atoms with Crippen molar-refractivity contribution in [3.05, 3.63) is 17.2 Å². The van der Waals surface area contributed by atoms with Crippen LogP contribution in [0.2, 0.25) is 5.02 Å². The van der Waals surface area contributed by atoms with Crippen molar-refractivity contribution in [2.45, 2.75) is 6.92 Å². The summed E-state index contributed by atoms with van der Waals surface area (Å²) in [6, 6.07) is 3.16. The van der Waals surface area contributed by atoms with Crippen LogP contribution in [0.3, 0.4) is 0 Å². The van der Waals surface area contributed by atoms with Crippen molar-refractivity contribution in [1.29, 1.82) is 0 Å². The van der Waals surface area contributed by atoms with Crippen LogP contribution in [0.1, 0.15) is 6.92 Å². The summed E-state index contributed by atoms with van der Waals surface area (Å²) in [5, 5.41) is 3.02. The van der Waals surface area contributed by atoms with Gasteiger partial charge in [0.25, 0.3) is 5.91 Å². The fraction of sp³-hybridized carbons (Fsp3) is 0.200. The molecule has 0 saturated carbocycles. The maximum Gasteiger partial charge on any atom is 0.262 e. The van der Waals surface area contributed by atoms with E-state index in [4.69, 9.17) is 16.3 Å². The topological polar surface area (TPSA) is 79.5 Å². The van der Waals surface area contributed by atoms with E-state index < -0.39 is 0 Å². The Hall–Kier alpha value is -1.95. The van der Waals surface area contributed by atoms with E-state index in [1.54, 1.807) is 12.1 Å². The van der Waals surface area contributed by atoms with E-state index >= 15 is 0 Å². The number of hydrogen-bond acceptors (Lipinski definition) is 4. The molecule has 0 aromatic heterocycles. The molecule has 0 spiro atoms. The number of hydrazine groups is 1. The van der Waals surface area contributed by atoms with Gasteiger partial charge in [-0.05, 0) is 6.07 Å². The lowest BCUT2D eigenvalue weighted by Crippen LogP contribution is -2.28. The van der Waals surface area contributed by atoms with Crippen LogP contribution >= 0.6 is 11.6 Å². The van der Waals surface area contributed by atoms with Gasteiger partial charge in [-0.1, -0.05) is 11.6 Å². The van der Waals surface area contributed by atoms with Gasteiger partial charge in [0.15, 0.2) is 6.61 Å². The fourth-order valence-corrected chi connectivity index (χ4v) is 1.55. The number of carbonyl (C=O) groups is 2. The molecule has 0 aliphatic carbocycles. The molecule has 0 bridgehead atoms. The van der Waals surface area contributed by atoms with Gasteiger partial charge in [-0.25, -0.2) is 0 Å². The molecule has 1 heterocycles. The largest absolute Gasteiger partial charge is 0.482 e. The number of benzene rings is 1. The van der Waals surface area contributed by atoms with Gasteiger partial charge >= 0.3 is 0 Å². The first kappa shape index (κ1) is 11.5. The molecule has 1 aromatic carbocycles. The molecule has 1 aliphatic heterocycles. The van der Waals surface area contributed by atoms with E-state index in [1.807, 2.05) is 0 Å². The van der Waals surface area contributed by atoms with Crippen LogP contribution in [-0.4, -0.2) is 18.4 Å². The molecule has 0 saturated heterocycles. The lowest BCUT2D eigenvalue weighted by molar-refractivity contribution is -0.119. The maximum absolute atomic E-state index is 11.1. The summed E-state index contributed by atoms with van der Waals surface area (Å²) >= 11 is 5.97. The van der Waals surface area contributed by atoms with Gasteiger partial charge in [0.1, 0.15) is 5.75 Å². The Labute approximate surface area is 102 Å². The fourth-order valence-electron chi connectivity index (χ4n) is 1.35. The summed E-state index contributed by atoms with van der Waals surface area (Å²) in [7, 11) is 0. The van der Waals surface area contributed by atoms with E-state index in [1.165, 1.54) is 6.92 Å². The Morgan fingerprint density at radius 2 is 2.29 bits per heavy atom. The summed E-state index contributed by atoms with van der Waals surface area (Å²) in [6.07, 6.45) is 0. The van der Waals surface area contributed by atoms with E-state index in [9.17, 15) is 9.59 Å².